The minimum absolute atomic E-state index is 0.0639. The lowest BCUT2D eigenvalue weighted by Gasteiger charge is -2.32. The molecule has 0 fully saturated rings. The lowest BCUT2D eigenvalue weighted by Crippen LogP contribution is -2.53. The van der Waals surface area contributed by atoms with E-state index in [-0.39, 0.29) is 30.1 Å². The molecular formula is C28H28Cl4N2O3. The highest BCUT2D eigenvalue weighted by atomic mass is 35.5. The van der Waals surface area contributed by atoms with E-state index in [9.17, 15) is 9.59 Å². The van der Waals surface area contributed by atoms with Crippen molar-refractivity contribution >= 4 is 58.2 Å². The Kier molecular flexibility index (Phi) is 11.0. The first-order valence-electron chi connectivity index (χ1n) is 11.8. The first-order chi connectivity index (χ1) is 17.7. The number of hydrogen-bond donors (Lipinski definition) is 1. The summed E-state index contributed by atoms with van der Waals surface area (Å²) in [6.07, 6.45) is 1.06. The van der Waals surface area contributed by atoms with Gasteiger partial charge in [-0.05, 0) is 54.8 Å². The molecule has 3 rings (SSSR count). The van der Waals surface area contributed by atoms with Crippen molar-refractivity contribution in [2.24, 2.45) is 0 Å². The van der Waals surface area contributed by atoms with Gasteiger partial charge >= 0.3 is 0 Å². The number of carbonyl (C=O) groups excluding carboxylic acids is 2. The van der Waals surface area contributed by atoms with Gasteiger partial charge in [0.15, 0.2) is 6.61 Å². The van der Waals surface area contributed by atoms with E-state index in [1.54, 1.807) is 30.3 Å². The van der Waals surface area contributed by atoms with Gasteiger partial charge in [-0.25, -0.2) is 0 Å². The second-order valence-electron chi connectivity index (χ2n) is 8.64. The Bertz CT molecular complexity index is 1220. The molecule has 5 nitrogen and oxygen atoms in total. The number of rotatable bonds is 11. The van der Waals surface area contributed by atoms with Crippen LogP contribution in [-0.2, 0) is 22.6 Å². The van der Waals surface area contributed by atoms with Gasteiger partial charge in [0.05, 0.1) is 5.02 Å². The average molecular weight is 582 g/mol. The second kappa shape index (κ2) is 13.9. The molecule has 37 heavy (non-hydrogen) atoms. The standard InChI is InChI=1S/C28H28Cl4N2O3/c1-3-18(2)33-28(36)25(13-19-7-5-4-6-8-19)34(16-20-9-10-21(29)14-23(20)31)27(35)17-37-26-12-11-22(30)15-24(26)32/h4-12,14-15,18,25H,3,13,16-17H2,1-2H3,(H,33,36)/t18-,25-/m1/s1. The number of ether oxygens (including phenoxy) is 1. The lowest BCUT2D eigenvalue weighted by molar-refractivity contribution is -0.143. The fraction of sp³-hybridized carbons (Fsp3) is 0.286. The van der Waals surface area contributed by atoms with Crippen LogP contribution >= 0.6 is 46.4 Å². The molecule has 0 spiro atoms. The van der Waals surface area contributed by atoms with Crippen molar-refractivity contribution in [3.8, 4) is 5.75 Å². The summed E-state index contributed by atoms with van der Waals surface area (Å²) < 4.78 is 5.74. The number of halogens is 4. The van der Waals surface area contributed by atoms with E-state index in [4.69, 9.17) is 51.1 Å². The Labute approximate surface area is 237 Å². The van der Waals surface area contributed by atoms with Gasteiger partial charge in [-0.15, -0.1) is 0 Å². The minimum atomic E-state index is -0.820. The van der Waals surface area contributed by atoms with Crippen LogP contribution in [0.2, 0.25) is 20.1 Å². The summed E-state index contributed by atoms with van der Waals surface area (Å²) in [5.74, 6) is -0.356. The first-order valence-corrected chi connectivity index (χ1v) is 13.3. The Balaban J connectivity index is 1.95. The van der Waals surface area contributed by atoms with Crippen molar-refractivity contribution in [1.29, 1.82) is 0 Å². The van der Waals surface area contributed by atoms with Crippen molar-refractivity contribution in [2.45, 2.75) is 45.3 Å². The molecule has 0 bridgehead atoms. The van der Waals surface area contributed by atoms with E-state index in [0.29, 0.717) is 32.8 Å². The fourth-order valence-corrected chi connectivity index (χ4v) is 4.57. The predicted molar refractivity (Wildman–Crippen MR) is 151 cm³/mol. The zero-order valence-corrected chi connectivity index (χ0v) is 23.5. The molecule has 196 valence electrons. The third kappa shape index (κ3) is 8.54. The van der Waals surface area contributed by atoms with Gasteiger partial charge in [-0.3, -0.25) is 9.59 Å². The highest BCUT2D eigenvalue weighted by molar-refractivity contribution is 6.35. The van der Waals surface area contributed by atoms with Crippen molar-refractivity contribution in [2.75, 3.05) is 6.61 Å². The molecule has 3 aromatic carbocycles. The van der Waals surface area contributed by atoms with Crippen LogP contribution in [-0.4, -0.2) is 35.4 Å². The van der Waals surface area contributed by atoms with E-state index >= 15 is 0 Å². The molecule has 0 aromatic heterocycles. The van der Waals surface area contributed by atoms with Crippen LogP contribution in [0.5, 0.6) is 5.75 Å². The van der Waals surface area contributed by atoms with E-state index in [2.05, 4.69) is 5.32 Å². The largest absolute Gasteiger partial charge is 0.482 e. The van der Waals surface area contributed by atoms with Crippen LogP contribution in [0.15, 0.2) is 66.7 Å². The van der Waals surface area contributed by atoms with Gasteiger partial charge in [0.25, 0.3) is 5.91 Å². The number of carbonyl (C=O) groups is 2. The Hall–Kier alpha value is -2.44. The van der Waals surface area contributed by atoms with Crippen LogP contribution in [0.4, 0.5) is 0 Å². The summed E-state index contributed by atoms with van der Waals surface area (Å²) >= 11 is 24.7. The number of nitrogens with zero attached hydrogens (tertiary/aromatic N) is 1. The average Bonchev–Trinajstić information content (AvgIpc) is 2.87. The van der Waals surface area contributed by atoms with Gasteiger partial charge in [-0.2, -0.15) is 0 Å². The van der Waals surface area contributed by atoms with E-state index in [0.717, 1.165) is 12.0 Å². The van der Waals surface area contributed by atoms with Gasteiger partial charge < -0.3 is 15.0 Å². The Morgan fingerprint density at radius 2 is 1.57 bits per heavy atom. The maximum atomic E-state index is 13.7. The summed E-state index contributed by atoms with van der Waals surface area (Å²) in [5.41, 5.74) is 1.56. The molecule has 0 saturated heterocycles. The third-order valence-electron chi connectivity index (χ3n) is 5.87. The predicted octanol–water partition coefficient (Wildman–Crippen LogP) is 7.23. The zero-order valence-electron chi connectivity index (χ0n) is 20.5. The van der Waals surface area contributed by atoms with E-state index in [1.165, 1.54) is 11.0 Å². The van der Waals surface area contributed by atoms with Crippen molar-refractivity contribution < 1.29 is 14.3 Å². The molecule has 2 atom stereocenters. The lowest BCUT2D eigenvalue weighted by atomic mass is 10.0. The molecule has 0 aliphatic carbocycles. The number of nitrogens with one attached hydrogen (secondary N) is 1. The summed E-state index contributed by atoms with van der Waals surface area (Å²) in [6.45, 7) is 3.65. The topological polar surface area (TPSA) is 58.6 Å². The maximum Gasteiger partial charge on any atom is 0.261 e. The third-order valence-corrected chi connectivity index (χ3v) is 6.99. The monoisotopic (exact) mass is 580 g/mol. The maximum absolute atomic E-state index is 13.7. The smallest absolute Gasteiger partial charge is 0.261 e. The highest BCUT2D eigenvalue weighted by Crippen LogP contribution is 2.28. The summed E-state index contributed by atoms with van der Waals surface area (Å²) in [5, 5.41) is 4.62. The molecule has 0 unspecified atom stereocenters. The number of hydrogen-bond acceptors (Lipinski definition) is 3. The molecule has 0 aliphatic rings. The molecule has 2 amide bonds. The SMILES string of the molecule is CC[C@@H](C)NC(=O)[C@@H](Cc1ccccc1)N(Cc1ccc(Cl)cc1Cl)C(=O)COc1ccc(Cl)cc1Cl. The molecule has 3 aromatic rings. The van der Waals surface area contributed by atoms with Crippen LogP contribution < -0.4 is 10.1 Å². The Morgan fingerprint density at radius 3 is 2.19 bits per heavy atom. The van der Waals surface area contributed by atoms with Gasteiger partial charge in [0.1, 0.15) is 11.8 Å². The van der Waals surface area contributed by atoms with Crippen molar-refractivity contribution in [1.82, 2.24) is 10.2 Å². The summed E-state index contributed by atoms with van der Waals surface area (Å²) in [4.78, 5) is 28.7. The molecule has 0 saturated carbocycles. The van der Waals surface area contributed by atoms with Crippen LogP contribution in [0.1, 0.15) is 31.4 Å². The van der Waals surface area contributed by atoms with Gasteiger partial charge in [0, 0.05) is 34.1 Å². The van der Waals surface area contributed by atoms with Crippen LogP contribution in [0.25, 0.3) is 0 Å². The fourth-order valence-electron chi connectivity index (χ4n) is 3.64. The zero-order chi connectivity index (χ0) is 26.9. The van der Waals surface area contributed by atoms with Gasteiger partial charge in [0.2, 0.25) is 5.91 Å². The first kappa shape index (κ1) is 29.1. The van der Waals surface area contributed by atoms with E-state index < -0.39 is 11.9 Å². The molecule has 0 heterocycles. The Morgan fingerprint density at radius 1 is 0.919 bits per heavy atom. The van der Waals surface area contributed by atoms with Crippen LogP contribution in [0.3, 0.4) is 0 Å². The van der Waals surface area contributed by atoms with Gasteiger partial charge in [-0.1, -0.05) is 89.7 Å². The van der Waals surface area contributed by atoms with E-state index in [1.807, 2.05) is 44.2 Å². The molecule has 0 aliphatic heterocycles. The minimum Gasteiger partial charge on any atom is -0.482 e. The van der Waals surface area contributed by atoms with Crippen molar-refractivity contribution in [3.63, 3.8) is 0 Å². The highest BCUT2D eigenvalue weighted by Gasteiger charge is 2.31. The number of benzene rings is 3. The normalized spacial score (nSPS) is 12.5. The molecular weight excluding hydrogens is 554 g/mol. The number of amides is 2. The quantitative estimate of drug-likeness (QED) is 0.260. The molecule has 0 radical (unpaired) electrons. The van der Waals surface area contributed by atoms with Crippen molar-refractivity contribution in [3.05, 3.63) is 97.9 Å². The molecule has 1 N–H and O–H groups in total. The summed E-state index contributed by atoms with van der Waals surface area (Å²) in [7, 11) is 0. The second-order valence-corrected chi connectivity index (χ2v) is 10.3. The summed E-state index contributed by atoms with van der Waals surface area (Å²) in [6, 6.07) is 18.4. The molecule has 9 heteroatoms. The van der Waals surface area contributed by atoms with Crippen LogP contribution in [0, 0.1) is 0 Å².